The van der Waals surface area contributed by atoms with Crippen LogP contribution in [0.1, 0.15) is 126 Å². The number of cyclic esters (lactones) is 1. The lowest BCUT2D eigenvalue weighted by atomic mass is 9.75. The monoisotopic (exact) mass is 1100 g/mol. The number of ether oxygens (including phenoxy) is 6. The number of likely N-dealkylation sites (N-methyl/N-ethyl adjacent to an activating group) is 1. The second-order valence-corrected chi connectivity index (χ2v) is 24.4. The van der Waals surface area contributed by atoms with Crippen molar-refractivity contribution in [3.05, 3.63) is 29.8 Å². The first-order valence-corrected chi connectivity index (χ1v) is 28.3. The summed E-state index contributed by atoms with van der Waals surface area (Å²) in [4.78, 5) is 17.1. The molecule has 0 bridgehead atoms. The number of rotatable bonds is 16. The highest BCUT2D eigenvalue weighted by atomic mass is 32.2. The Bertz CT molecular complexity index is 2070. The summed E-state index contributed by atoms with van der Waals surface area (Å²) < 4.78 is 109. The number of aliphatic hydroxyl groups excluding tert-OH is 2. The van der Waals surface area contributed by atoms with E-state index in [1.165, 1.54) is 47.3 Å². The molecule has 18 atom stereocenters. The molecule has 0 amide bonds. The average molecular weight is 1100 g/mol. The zero-order chi connectivity index (χ0) is 56.1. The molecule has 10 unspecified atom stereocenters. The highest BCUT2D eigenvalue weighted by molar-refractivity contribution is 7.90. The van der Waals surface area contributed by atoms with Gasteiger partial charge in [-0.2, -0.15) is 25.9 Å². The molecular formula is C52H90F3N5O14S. The summed E-state index contributed by atoms with van der Waals surface area (Å²) in [6.07, 6.45) is -11.4. The number of nitrogens with one attached hydrogen (secondary N) is 3. The molecule has 434 valence electrons. The summed E-state index contributed by atoms with van der Waals surface area (Å²) in [6.45, 7) is 20.6. The number of methoxy groups -OCH3 is 1. The van der Waals surface area contributed by atoms with Crippen LogP contribution in [0.3, 0.4) is 0 Å². The molecule has 1 aromatic carbocycles. The fourth-order valence-corrected chi connectivity index (χ4v) is 12.8. The van der Waals surface area contributed by atoms with E-state index in [1.807, 2.05) is 6.92 Å². The minimum absolute atomic E-state index is 0.0151. The van der Waals surface area contributed by atoms with Crippen molar-refractivity contribution in [3.63, 3.8) is 0 Å². The van der Waals surface area contributed by atoms with Gasteiger partial charge in [0.15, 0.2) is 12.6 Å². The van der Waals surface area contributed by atoms with Crippen molar-refractivity contribution in [2.45, 2.75) is 217 Å². The van der Waals surface area contributed by atoms with Gasteiger partial charge in [0.1, 0.15) is 35.1 Å². The van der Waals surface area contributed by atoms with E-state index in [9.17, 15) is 51.9 Å². The molecule has 0 spiro atoms. The van der Waals surface area contributed by atoms with Crippen molar-refractivity contribution in [1.82, 2.24) is 19.8 Å². The first-order valence-electron chi connectivity index (χ1n) is 26.8. The minimum atomic E-state index is -4.64. The van der Waals surface area contributed by atoms with E-state index >= 15 is 0 Å². The number of piperidine rings is 1. The second-order valence-electron chi connectivity index (χ2n) is 22.7. The summed E-state index contributed by atoms with van der Waals surface area (Å²) in [7, 11) is -1.84. The number of carbonyl (C=O) groups excluding carboxylic acids is 1. The Hall–Kier alpha value is -2.33. The topological polar surface area (TPSA) is 250 Å². The molecule has 0 radical (unpaired) electrons. The fraction of sp³-hybridized carbons (Fsp3) is 0.865. The average Bonchev–Trinajstić information content (AvgIpc) is 3.34. The number of benzene rings is 1. The van der Waals surface area contributed by atoms with Crippen LogP contribution in [0.4, 0.5) is 18.9 Å². The zero-order valence-electron chi connectivity index (χ0n) is 46.1. The molecule has 4 aliphatic heterocycles. The Morgan fingerprint density at radius 1 is 0.947 bits per heavy atom. The third kappa shape index (κ3) is 15.3. The van der Waals surface area contributed by atoms with Gasteiger partial charge >= 0.3 is 22.4 Å². The van der Waals surface area contributed by atoms with Crippen LogP contribution < -0.4 is 15.4 Å². The van der Waals surface area contributed by atoms with Crippen molar-refractivity contribution in [2.24, 2.45) is 17.8 Å². The van der Waals surface area contributed by atoms with Crippen LogP contribution in [0.2, 0.25) is 0 Å². The largest absolute Gasteiger partial charge is 0.459 e. The zero-order valence-corrected chi connectivity index (χ0v) is 47.0. The molecule has 4 heterocycles. The number of hydrogen-bond donors (Lipinski definition) is 8. The van der Waals surface area contributed by atoms with Crippen LogP contribution in [-0.4, -0.2) is 192 Å². The van der Waals surface area contributed by atoms with Gasteiger partial charge in [-0.25, -0.2) is 0 Å². The third-order valence-electron chi connectivity index (χ3n) is 16.5. The molecule has 19 nitrogen and oxygen atoms in total. The quantitative estimate of drug-likeness (QED) is 0.0856. The van der Waals surface area contributed by atoms with E-state index < -0.39 is 130 Å². The highest BCUT2D eigenvalue weighted by Gasteiger charge is 2.58. The van der Waals surface area contributed by atoms with Crippen molar-refractivity contribution in [3.8, 4) is 0 Å². The van der Waals surface area contributed by atoms with Gasteiger partial charge in [-0.05, 0) is 150 Å². The van der Waals surface area contributed by atoms with Crippen LogP contribution in [0.25, 0.3) is 0 Å². The molecule has 8 N–H and O–H groups in total. The van der Waals surface area contributed by atoms with Gasteiger partial charge in [0.05, 0.1) is 47.5 Å². The van der Waals surface area contributed by atoms with Gasteiger partial charge in [-0.1, -0.05) is 27.2 Å². The number of nitrogens with zero attached hydrogens (tertiary/aromatic N) is 2. The summed E-state index contributed by atoms with van der Waals surface area (Å²) in [5.74, 6) is -3.42. The maximum Gasteiger partial charge on any atom is 0.416 e. The van der Waals surface area contributed by atoms with E-state index in [1.54, 1.807) is 48.5 Å². The van der Waals surface area contributed by atoms with Crippen molar-refractivity contribution in [1.29, 1.82) is 0 Å². The molecule has 23 heteroatoms. The summed E-state index contributed by atoms with van der Waals surface area (Å²) in [6, 6.07) is 1.50. The SMILES string of the molecule is CCC1OC(=O)C(C)C(O[C@H]2C[C@@](C)(OC)[C@](O)(CNCCCN3CCCCC3)[C@H](C)O2)C(C)C(O[C@@H]2O[C@H](C)C[C@H](N(C)S(=O)(=O)Nc3ccc(C(F)(F)F)cc3)[C@H]2O)C(C)(O)CC(C)CNC(C)C(O)C1(C)O. The van der Waals surface area contributed by atoms with Crippen molar-refractivity contribution in [2.75, 3.05) is 58.1 Å². The first-order chi connectivity index (χ1) is 34.8. The van der Waals surface area contributed by atoms with Crippen LogP contribution in [0.15, 0.2) is 24.3 Å². The molecule has 0 aromatic heterocycles. The molecule has 0 saturated carbocycles. The van der Waals surface area contributed by atoms with E-state index in [0.29, 0.717) is 6.54 Å². The normalized spacial score (nSPS) is 40.6. The number of esters is 1. The molecule has 4 fully saturated rings. The number of carbonyl (C=O) groups is 1. The number of likely N-dealkylation sites (tertiary alicyclic amines) is 1. The Kier molecular flexibility index (Phi) is 21.9. The lowest BCUT2D eigenvalue weighted by Crippen LogP contribution is -2.70. The molecule has 1 aromatic rings. The molecular weight excluding hydrogens is 1010 g/mol. The van der Waals surface area contributed by atoms with Crippen LogP contribution in [0, 0.1) is 17.8 Å². The fourth-order valence-electron chi connectivity index (χ4n) is 11.6. The maximum atomic E-state index is 14.6. The van der Waals surface area contributed by atoms with Crippen molar-refractivity contribution >= 4 is 21.9 Å². The Morgan fingerprint density at radius 3 is 2.19 bits per heavy atom. The number of halogens is 3. The molecule has 0 aliphatic carbocycles. The molecule has 75 heavy (non-hydrogen) atoms. The predicted molar refractivity (Wildman–Crippen MR) is 274 cm³/mol. The van der Waals surface area contributed by atoms with Crippen molar-refractivity contribution < 1.29 is 80.3 Å². The number of alkyl halides is 3. The van der Waals surface area contributed by atoms with Gasteiger partial charge in [-0.15, -0.1) is 0 Å². The number of hydrogen-bond acceptors (Lipinski definition) is 17. The van der Waals surface area contributed by atoms with E-state index in [4.69, 9.17) is 28.4 Å². The van der Waals surface area contributed by atoms with Gasteiger partial charge in [-0.3, -0.25) is 9.52 Å². The van der Waals surface area contributed by atoms with Crippen LogP contribution >= 0.6 is 0 Å². The van der Waals surface area contributed by atoms with Crippen LogP contribution in [0.5, 0.6) is 0 Å². The third-order valence-corrected chi connectivity index (χ3v) is 18.0. The predicted octanol–water partition coefficient (Wildman–Crippen LogP) is 4.14. The Balaban J connectivity index is 1.49. The number of anilines is 1. The van der Waals surface area contributed by atoms with E-state index in [2.05, 4.69) is 20.3 Å². The van der Waals surface area contributed by atoms with Gasteiger partial charge in [0.2, 0.25) is 0 Å². The van der Waals surface area contributed by atoms with Gasteiger partial charge in [0, 0.05) is 44.8 Å². The standard InChI is InChI=1S/C52H90F3N5O14S/c1-13-40-50(10,65)44(62)35(6)57-29-31(2)27-48(8,64)45(74-47-42(61)39(26-32(3)70-47)59(11)75(67,68)58-38-20-18-37(19-21-38)52(53,54)55)33(4)43(34(5)46(63)72-40)73-41-28-49(9,69-12)51(66,36(7)71-41)30-56-22-17-25-60-23-15-14-16-24-60/h18-21,31-36,39-45,47,56-58,61-62,64-66H,13-17,22-30H2,1-12H3/t31?,32-,33?,34?,35?,36+,39+,40?,41+,42-,43?,44?,45?,47+,48?,49-,50?,51+/m1/s1. The number of aliphatic hydroxyl groups is 5. The second kappa shape index (κ2) is 25.9. The van der Waals surface area contributed by atoms with Gasteiger partial charge < -0.3 is 69.5 Å². The summed E-state index contributed by atoms with van der Waals surface area (Å²) in [5, 5.41) is 67.3. The molecule has 4 saturated heterocycles. The summed E-state index contributed by atoms with van der Waals surface area (Å²) >= 11 is 0. The molecule has 5 rings (SSSR count). The highest BCUT2D eigenvalue weighted by Crippen LogP contribution is 2.43. The minimum Gasteiger partial charge on any atom is -0.459 e. The lowest BCUT2D eigenvalue weighted by Gasteiger charge is -2.53. The Labute approximate surface area is 443 Å². The Morgan fingerprint density at radius 2 is 1.59 bits per heavy atom. The smallest absolute Gasteiger partial charge is 0.416 e. The summed E-state index contributed by atoms with van der Waals surface area (Å²) in [5.41, 5.74) is -7.72. The van der Waals surface area contributed by atoms with E-state index in [-0.39, 0.29) is 50.4 Å². The molecule has 4 aliphatic rings. The first kappa shape index (κ1) is 63.5. The van der Waals surface area contributed by atoms with Gasteiger partial charge in [0.25, 0.3) is 0 Å². The van der Waals surface area contributed by atoms with E-state index in [0.717, 1.165) is 54.6 Å². The van der Waals surface area contributed by atoms with Crippen LogP contribution in [-0.2, 0) is 49.6 Å². The lowest BCUT2D eigenvalue weighted by molar-refractivity contribution is -0.336. The maximum absolute atomic E-state index is 14.6.